The molecule has 1 saturated heterocycles. The molecule has 0 saturated carbocycles. The van der Waals surface area contributed by atoms with E-state index in [1.165, 1.54) is 11.5 Å². The fourth-order valence-electron chi connectivity index (χ4n) is 3.12. The Kier molecular flexibility index (Phi) is 6.69. The van der Waals surface area contributed by atoms with Gasteiger partial charge < -0.3 is 29.8 Å². The van der Waals surface area contributed by atoms with E-state index in [4.69, 9.17) is 27.9 Å². The number of nitro groups is 1. The Labute approximate surface area is 182 Å². The standard InChI is InChI=1S/C18H21Cl2N5O5/c1-18(27,11-24-10-15(25(28)29)21-16(24)20)12-30-17(26)23-7-5-22(6-8-23)14-4-2-3-13(19)9-14/h2-4,9-10,27H,5-8,11-12H2,1H3. The molecule has 3 rings (SSSR count). The molecule has 10 nitrogen and oxygen atoms in total. The quantitative estimate of drug-likeness (QED) is 0.523. The van der Waals surface area contributed by atoms with Gasteiger partial charge in [-0.2, -0.15) is 0 Å². The van der Waals surface area contributed by atoms with Crippen molar-refractivity contribution in [2.45, 2.75) is 19.1 Å². The smallest absolute Gasteiger partial charge is 0.409 e. The van der Waals surface area contributed by atoms with E-state index < -0.39 is 22.4 Å². The molecule has 162 valence electrons. The maximum absolute atomic E-state index is 12.4. The number of amides is 1. The van der Waals surface area contributed by atoms with Crippen LogP contribution < -0.4 is 4.90 Å². The van der Waals surface area contributed by atoms with Crippen molar-refractivity contribution in [1.29, 1.82) is 0 Å². The fraction of sp³-hybridized carbons (Fsp3) is 0.444. The topological polar surface area (TPSA) is 114 Å². The highest BCUT2D eigenvalue weighted by atomic mass is 35.5. The number of halogens is 2. The highest BCUT2D eigenvalue weighted by Crippen LogP contribution is 2.22. The van der Waals surface area contributed by atoms with Crippen molar-refractivity contribution >= 4 is 40.8 Å². The number of carbonyl (C=O) groups excluding carboxylic acids is 1. The molecule has 0 radical (unpaired) electrons. The van der Waals surface area contributed by atoms with Crippen LogP contribution >= 0.6 is 23.2 Å². The predicted molar refractivity (Wildman–Crippen MR) is 111 cm³/mol. The van der Waals surface area contributed by atoms with Gasteiger partial charge in [0.25, 0.3) is 0 Å². The number of nitrogens with zero attached hydrogens (tertiary/aromatic N) is 5. The number of hydrogen-bond acceptors (Lipinski definition) is 7. The van der Waals surface area contributed by atoms with Gasteiger partial charge in [0, 0.05) is 36.9 Å². The van der Waals surface area contributed by atoms with Crippen LogP contribution in [-0.4, -0.2) is 69.0 Å². The summed E-state index contributed by atoms with van der Waals surface area (Å²) in [6.45, 7) is 3.20. The first-order valence-electron chi connectivity index (χ1n) is 9.16. The fourth-order valence-corrected chi connectivity index (χ4v) is 3.50. The average molecular weight is 458 g/mol. The maximum Gasteiger partial charge on any atom is 0.409 e. The zero-order valence-electron chi connectivity index (χ0n) is 16.2. The van der Waals surface area contributed by atoms with Crippen molar-refractivity contribution in [3.05, 3.63) is 50.9 Å². The van der Waals surface area contributed by atoms with E-state index in [0.29, 0.717) is 31.2 Å². The van der Waals surface area contributed by atoms with Crippen molar-refractivity contribution in [3.63, 3.8) is 0 Å². The minimum absolute atomic E-state index is 0.123. The first kappa shape index (κ1) is 22.1. The summed E-state index contributed by atoms with van der Waals surface area (Å²) < 4.78 is 6.49. The first-order chi connectivity index (χ1) is 14.1. The molecule has 1 aromatic carbocycles. The van der Waals surface area contributed by atoms with Gasteiger partial charge in [-0.1, -0.05) is 17.7 Å². The van der Waals surface area contributed by atoms with E-state index in [2.05, 4.69) is 9.88 Å². The van der Waals surface area contributed by atoms with Gasteiger partial charge in [0.2, 0.25) is 0 Å². The Morgan fingerprint density at radius 3 is 2.63 bits per heavy atom. The monoisotopic (exact) mass is 457 g/mol. The molecule has 0 bridgehead atoms. The van der Waals surface area contributed by atoms with Crippen LogP contribution in [0.25, 0.3) is 0 Å². The van der Waals surface area contributed by atoms with Crippen LogP contribution in [0, 0.1) is 10.1 Å². The minimum Gasteiger partial charge on any atom is -0.446 e. The lowest BCUT2D eigenvalue weighted by Gasteiger charge is -2.36. The largest absolute Gasteiger partial charge is 0.446 e. The van der Waals surface area contributed by atoms with E-state index >= 15 is 0 Å². The molecular formula is C18H21Cl2N5O5. The Morgan fingerprint density at radius 1 is 1.33 bits per heavy atom. The van der Waals surface area contributed by atoms with Crippen LogP contribution in [-0.2, 0) is 11.3 Å². The molecular weight excluding hydrogens is 437 g/mol. The van der Waals surface area contributed by atoms with Crippen LogP contribution in [0.4, 0.5) is 16.3 Å². The van der Waals surface area contributed by atoms with Crippen LogP contribution in [0.5, 0.6) is 0 Å². The maximum atomic E-state index is 12.4. The summed E-state index contributed by atoms with van der Waals surface area (Å²) in [5, 5.41) is 21.8. The lowest BCUT2D eigenvalue weighted by atomic mass is 10.1. The number of rotatable bonds is 6. The summed E-state index contributed by atoms with van der Waals surface area (Å²) in [6, 6.07) is 7.52. The Bertz CT molecular complexity index is 927. The van der Waals surface area contributed by atoms with E-state index in [9.17, 15) is 20.0 Å². The average Bonchev–Trinajstić information content (AvgIpc) is 3.06. The summed E-state index contributed by atoms with van der Waals surface area (Å²) in [5.41, 5.74) is -0.499. The van der Waals surface area contributed by atoms with Crippen molar-refractivity contribution < 1.29 is 19.6 Å². The third-order valence-corrected chi connectivity index (χ3v) is 5.17. The molecule has 30 heavy (non-hydrogen) atoms. The number of aromatic nitrogens is 2. The Morgan fingerprint density at radius 2 is 2.03 bits per heavy atom. The number of hydrogen-bond donors (Lipinski definition) is 1. The summed E-state index contributed by atoms with van der Waals surface area (Å²) in [7, 11) is 0. The van der Waals surface area contributed by atoms with Crippen molar-refractivity contribution in [1.82, 2.24) is 14.5 Å². The second-order valence-electron chi connectivity index (χ2n) is 7.26. The van der Waals surface area contributed by atoms with Crippen molar-refractivity contribution in [2.75, 3.05) is 37.7 Å². The molecule has 0 aliphatic carbocycles. The van der Waals surface area contributed by atoms with Gasteiger partial charge in [0.05, 0.1) is 6.54 Å². The van der Waals surface area contributed by atoms with E-state index in [0.717, 1.165) is 11.9 Å². The summed E-state index contributed by atoms with van der Waals surface area (Å²) in [4.78, 5) is 29.7. The van der Waals surface area contributed by atoms with Gasteiger partial charge >= 0.3 is 17.2 Å². The highest BCUT2D eigenvalue weighted by molar-refractivity contribution is 6.30. The Hall–Kier alpha value is -2.56. The third-order valence-electron chi connectivity index (χ3n) is 4.63. The number of ether oxygens (including phenoxy) is 1. The summed E-state index contributed by atoms with van der Waals surface area (Å²) in [5.74, 6) is -0.426. The van der Waals surface area contributed by atoms with Gasteiger partial charge in [-0.3, -0.25) is 4.57 Å². The van der Waals surface area contributed by atoms with Crippen LogP contribution in [0.3, 0.4) is 0 Å². The van der Waals surface area contributed by atoms with Crippen LogP contribution in [0.1, 0.15) is 6.92 Å². The molecule has 1 N–H and O–H groups in total. The lowest BCUT2D eigenvalue weighted by Crippen LogP contribution is -2.50. The second-order valence-corrected chi connectivity index (χ2v) is 8.03. The van der Waals surface area contributed by atoms with Crippen molar-refractivity contribution in [3.8, 4) is 0 Å². The van der Waals surface area contributed by atoms with Crippen LogP contribution in [0.15, 0.2) is 30.5 Å². The van der Waals surface area contributed by atoms with Gasteiger partial charge in [-0.25, -0.2) is 4.79 Å². The number of piperazine rings is 1. The zero-order chi connectivity index (χ0) is 21.9. The predicted octanol–water partition coefficient (Wildman–Crippen LogP) is 2.81. The molecule has 1 unspecified atom stereocenters. The van der Waals surface area contributed by atoms with E-state index in [-0.39, 0.29) is 18.4 Å². The molecule has 1 amide bonds. The molecule has 2 aromatic rings. The molecule has 12 heteroatoms. The molecule has 1 aliphatic rings. The van der Waals surface area contributed by atoms with Gasteiger partial charge in [0.1, 0.15) is 18.4 Å². The van der Waals surface area contributed by atoms with Gasteiger partial charge in [0.15, 0.2) is 0 Å². The molecule has 1 aliphatic heterocycles. The summed E-state index contributed by atoms with van der Waals surface area (Å²) in [6.07, 6.45) is 0.581. The van der Waals surface area contributed by atoms with E-state index in [1.807, 2.05) is 18.2 Å². The molecule has 2 heterocycles. The molecule has 1 fully saturated rings. The van der Waals surface area contributed by atoms with Gasteiger partial charge in [-0.15, -0.1) is 0 Å². The number of anilines is 1. The number of imidazole rings is 1. The second kappa shape index (κ2) is 9.07. The number of benzene rings is 1. The third kappa shape index (κ3) is 5.53. The Balaban J connectivity index is 1.50. The SMILES string of the molecule is CC(O)(COC(=O)N1CCN(c2cccc(Cl)c2)CC1)Cn1cc([N+](=O)[O-])nc1Cl. The van der Waals surface area contributed by atoms with Gasteiger partial charge in [-0.05, 0) is 46.6 Å². The molecule has 1 aromatic heterocycles. The van der Waals surface area contributed by atoms with Crippen LogP contribution in [0.2, 0.25) is 10.3 Å². The number of aliphatic hydroxyl groups is 1. The van der Waals surface area contributed by atoms with E-state index in [1.54, 1.807) is 11.0 Å². The lowest BCUT2D eigenvalue weighted by molar-refractivity contribution is -0.389. The molecule has 1 atom stereocenters. The zero-order valence-corrected chi connectivity index (χ0v) is 17.7. The minimum atomic E-state index is -1.49. The van der Waals surface area contributed by atoms with Crippen molar-refractivity contribution in [2.24, 2.45) is 0 Å². The highest BCUT2D eigenvalue weighted by Gasteiger charge is 2.29. The summed E-state index contributed by atoms with van der Waals surface area (Å²) >= 11 is 11.9. The normalized spacial score (nSPS) is 16.3. The first-order valence-corrected chi connectivity index (χ1v) is 9.92. The number of carbonyl (C=O) groups is 1. The molecule has 0 spiro atoms.